The molecular weight excluding hydrogens is 753 g/mol. The molecule has 8 aromatic carbocycles. The van der Waals surface area contributed by atoms with E-state index in [4.69, 9.17) is 0 Å². The van der Waals surface area contributed by atoms with Crippen LogP contribution in [0.15, 0.2) is 170 Å². The molecule has 0 spiro atoms. The van der Waals surface area contributed by atoms with E-state index in [0.717, 1.165) is 45.5 Å². The fourth-order valence-corrected chi connectivity index (χ4v) is 10.5. The highest BCUT2D eigenvalue weighted by molar-refractivity contribution is 6.03. The third-order valence-electron chi connectivity index (χ3n) is 14.2. The van der Waals surface area contributed by atoms with E-state index in [2.05, 4.69) is 245 Å². The molecule has 0 fully saturated rings. The molecule has 0 radical (unpaired) electrons. The lowest BCUT2D eigenvalue weighted by atomic mass is 9.73. The fourth-order valence-electron chi connectivity index (χ4n) is 10.5. The van der Waals surface area contributed by atoms with Crippen molar-refractivity contribution in [2.75, 3.05) is 19.6 Å². The van der Waals surface area contributed by atoms with Gasteiger partial charge in [0, 0.05) is 33.6 Å². The maximum absolute atomic E-state index is 2.47. The largest absolute Gasteiger partial charge is 0.310 e. The molecule has 0 atom stereocenters. The molecule has 4 heteroatoms. The molecule has 0 amide bonds. The van der Waals surface area contributed by atoms with Crippen molar-refractivity contribution in [2.45, 2.75) is 66.2 Å². The molecule has 3 heterocycles. The van der Waals surface area contributed by atoms with Crippen LogP contribution in [0.25, 0.3) is 0 Å². The van der Waals surface area contributed by atoms with Gasteiger partial charge >= 0.3 is 0 Å². The number of hydrogen-bond donors (Lipinski definition) is 0. The first-order valence-corrected chi connectivity index (χ1v) is 21.9. The number of benzene rings is 8. The minimum Gasteiger partial charge on any atom is -0.310 e. The Labute approximate surface area is 367 Å². The first-order valence-electron chi connectivity index (χ1n) is 21.9. The summed E-state index contributed by atoms with van der Waals surface area (Å²) in [7, 11) is 0. The van der Waals surface area contributed by atoms with Crippen LogP contribution in [0.3, 0.4) is 0 Å². The second kappa shape index (κ2) is 13.7. The van der Waals surface area contributed by atoms with Gasteiger partial charge in [0.1, 0.15) is 0 Å². The average molecular weight is 805 g/mol. The van der Waals surface area contributed by atoms with E-state index in [1.165, 1.54) is 67.3 Å². The topological polar surface area (TPSA) is 13.0 Å². The minimum absolute atomic E-state index is 0.107. The molecule has 3 aliphatic rings. The van der Waals surface area contributed by atoms with Crippen LogP contribution >= 0.6 is 0 Å². The van der Waals surface area contributed by atoms with Crippen molar-refractivity contribution in [3.05, 3.63) is 214 Å². The molecule has 0 saturated carbocycles. The van der Waals surface area contributed by atoms with E-state index < -0.39 is 0 Å². The van der Waals surface area contributed by atoms with E-state index >= 15 is 0 Å². The summed E-state index contributed by atoms with van der Waals surface area (Å²) in [5, 5.41) is 0. The van der Waals surface area contributed by atoms with Crippen LogP contribution < -0.4 is 19.6 Å². The molecule has 11 rings (SSSR count). The predicted octanol–water partition coefficient (Wildman–Crippen LogP) is 16.4. The summed E-state index contributed by atoms with van der Waals surface area (Å²) >= 11 is 0. The van der Waals surface area contributed by atoms with E-state index in [9.17, 15) is 0 Å². The van der Waals surface area contributed by atoms with Gasteiger partial charge in [0.05, 0.1) is 45.5 Å². The number of nitrogens with zero attached hydrogens (tertiary/aromatic N) is 4. The van der Waals surface area contributed by atoms with E-state index in [1.54, 1.807) is 0 Å². The first kappa shape index (κ1) is 37.9. The van der Waals surface area contributed by atoms with Crippen LogP contribution in [0.2, 0.25) is 0 Å². The van der Waals surface area contributed by atoms with E-state index in [0.29, 0.717) is 0 Å². The molecule has 0 unspecified atom stereocenters. The van der Waals surface area contributed by atoms with Crippen molar-refractivity contribution < 1.29 is 0 Å². The highest BCUT2D eigenvalue weighted by atomic mass is 15.3. The van der Waals surface area contributed by atoms with E-state index in [1.807, 2.05) is 0 Å². The maximum Gasteiger partial charge on any atom is 0.0706 e. The number of aryl methyl sites for hydroxylation is 4. The number of hydrogen-bond acceptors (Lipinski definition) is 4. The molecule has 3 aliphatic heterocycles. The first-order chi connectivity index (χ1) is 29.9. The Hall–Kier alpha value is -7.04. The Balaban J connectivity index is 1.03. The monoisotopic (exact) mass is 804 g/mol. The third kappa shape index (κ3) is 5.52. The zero-order valence-electron chi connectivity index (χ0n) is 37.0. The van der Waals surface area contributed by atoms with Crippen LogP contribution in [0.5, 0.6) is 0 Å². The Bertz CT molecular complexity index is 2720. The van der Waals surface area contributed by atoms with Gasteiger partial charge in [0.2, 0.25) is 0 Å². The highest BCUT2D eigenvalue weighted by Crippen LogP contribution is 2.58. The number of para-hydroxylation sites is 4. The summed E-state index contributed by atoms with van der Waals surface area (Å²) in [6.45, 7) is 18.3. The lowest BCUT2D eigenvalue weighted by Crippen LogP contribution is -2.30. The van der Waals surface area contributed by atoms with E-state index in [-0.39, 0.29) is 10.8 Å². The van der Waals surface area contributed by atoms with Crippen molar-refractivity contribution >= 4 is 68.2 Å². The van der Waals surface area contributed by atoms with Crippen molar-refractivity contribution in [2.24, 2.45) is 0 Å². The van der Waals surface area contributed by atoms with Gasteiger partial charge in [-0.3, -0.25) is 0 Å². The second-order valence-electron chi connectivity index (χ2n) is 18.5. The van der Waals surface area contributed by atoms with Gasteiger partial charge < -0.3 is 19.6 Å². The third-order valence-corrected chi connectivity index (χ3v) is 14.2. The molecular formula is C58H52N4. The van der Waals surface area contributed by atoms with Gasteiger partial charge in [-0.25, -0.2) is 0 Å². The standard InChI is InChI=1S/C58H52N4/c1-37-33-53-54(34-38(37)2)62(44-31-27-42(28-32-44)60-51-23-15-11-19-47(51)58(7,8)48-20-12-16-24-52(48)60)56-36-40(4)39(3)35-55(56)61(53)43-29-25-41(26-30-43)59-49-21-13-9-17-45(49)57(5,6)46-18-10-14-22-50(46)59/h9-36H,1-8H3. The maximum atomic E-state index is 2.47. The number of rotatable bonds is 4. The molecule has 62 heavy (non-hydrogen) atoms. The van der Waals surface area contributed by atoms with Gasteiger partial charge in [-0.2, -0.15) is 0 Å². The molecule has 8 aromatic rings. The molecule has 304 valence electrons. The van der Waals surface area contributed by atoms with Crippen LogP contribution in [0.4, 0.5) is 68.2 Å². The summed E-state index contributed by atoms with van der Waals surface area (Å²) < 4.78 is 0. The Kier molecular flexibility index (Phi) is 8.40. The van der Waals surface area contributed by atoms with Crippen molar-refractivity contribution in [1.82, 2.24) is 0 Å². The highest BCUT2D eigenvalue weighted by Gasteiger charge is 2.39. The zero-order chi connectivity index (χ0) is 42.7. The summed E-state index contributed by atoms with van der Waals surface area (Å²) in [4.78, 5) is 9.82. The molecule has 0 aliphatic carbocycles. The lowest BCUT2D eigenvalue weighted by molar-refractivity contribution is 0.632. The van der Waals surface area contributed by atoms with Gasteiger partial charge in [-0.1, -0.05) is 100 Å². The van der Waals surface area contributed by atoms with Crippen LogP contribution in [-0.4, -0.2) is 0 Å². The molecule has 0 aromatic heterocycles. The normalized spacial score (nSPS) is 15.2. The van der Waals surface area contributed by atoms with Crippen LogP contribution in [-0.2, 0) is 10.8 Å². The summed E-state index contributed by atoms with van der Waals surface area (Å²) in [6, 6.07) is 63.4. The van der Waals surface area contributed by atoms with Crippen molar-refractivity contribution in [1.29, 1.82) is 0 Å². The SMILES string of the molecule is Cc1cc2c(cc1C)N(c1ccc(N3c4ccccc4C(C)(C)c4ccccc43)cc1)c1cc(C)c(C)cc1N2c1ccc(N2c3ccccc3C(C)(C)c3ccccc32)cc1. The predicted molar refractivity (Wildman–Crippen MR) is 262 cm³/mol. The number of anilines is 12. The number of fused-ring (bicyclic) bond motifs is 6. The molecule has 4 nitrogen and oxygen atoms in total. The van der Waals surface area contributed by atoms with Gasteiger partial charge in [0.25, 0.3) is 0 Å². The van der Waals surface area contributed by atoms with Crippen LogP contribution in [0, 0.1) is 27.7 Å². The summed E-state index contributed by atoms with van der Waals surface area (Å²) in [5.41, 5.74) is 24.3. The van der Waals surface area contributed by atoms with Crippen molar-refractivity contribution in [3.63, 3.8) is 0 Å². The molecule has 0 bridgehead atoms. The average Bonchev–Trinajstić information content (AvgIpc) is 3.28. The van der Waals surface area contributed by atoms with Gasteiger partial charge in [-0.15, -0.1) is 0 Å². The molecule has 0 N–H and O–H groups in total. The zero-order valence-corrected chi connectivity index (χ0v) is 37.0. The fraction of sp³-hybridized carbons (Fsp3) is 0.172. The summed E-state index contributed by atoms with van der Waals surface area (Å²) in [5.74, 6) is 0. The second-order valence-corrected chi connectivity index (χ2v) is 18.5. The van der Waals surface area contributed by atoms with Gasteiger partial charge in [0.15, 0.2) is 0 Å². The Morgan fingerprint density at radius 2 is 0.452 bits per heavy atom. The Morgan fingerprint density at radius 3 is 0.677 bits per heavy atom. The Morgan fingerprint density at radius 1 is 0.258 bits per heavy atom. The van der Waals surface area contributed by atoms with Gasteiger partial charge in [-0.05, 0) is 169 Å². The lowest BCUT2D eigenvalue weighted by Gasteiger charge is -2.43. The quantitative estimate of drug-likeness (QED) is 0.176. The minimum atomic E-state index is -0.107. The van der Waals surface area contributed by atoms with Crippen LogP contribution in [0.1, 0.15) is 72.2 Å². The summed E-state index contributed by atoms with van der Waals surface area (Å²) in [6.07, 6.45) is 0. The molecule has 0 saturated heterocycles. The van der Waals surface area contributed by atoms with Crippen molar-refractivity contribution in [3.8, 4) is 0 Å². The smallest absolute Gasteiger partial charge is 0.0706 e.